The van der Waals surface area contributed by atoms with Gasteiger partial charge in [0.05, 0.1) is 11.8 Å². The van der Waals surface area contributed by atoms with E-state index in [4.69, 9.17) is 0 Å². The highest BCUT2D eigenvalue weighted by Crippen LogP contribution is 2.27. The van der Waals surface area contributed by atoms with Gasteiger partial charge in [0, 0.05) is 25.2 Å². The van der Waals surface area contributed by atoms with Gasteiger partial charge in [-0.1, -0.05) is 0 Å². The number of aliphatic hydroxyl groups excluding tert-OH is 1. The van der Waals surface area contributed by atoms with Gasteiger partial charge in [-0.2, -0.15) is 18.3 Å². The molecule has 1 unspecified atom stereocenters. The lowest BCUT2D eigenvalue weighted by Gasteiger charge is -2.10. The summed E-state index contributed by atoms with van der Waals surface area (Å²) in [5, 5.41) is 13.7. The predicted molar refractivity (Wildman–Crippen MR) is 52.8 cm³/mol. The molecule has 0 saturated heterocycles. The van der Waals surface area contributed by atoms with Crippen LogP contribution in [0.2, 0.25) is 0 Å². The summed E-state index contributed by atoms with van der Waals surface area (Å²) in [6.07, 6.45) is -4.21. The second-order valence-electron chi connectivity index (χ2n) is 3.87. The Morgan fingerprint density at radius 3 is 2.56 bits per heavy atom. The SMILES string of the molecule is Cc1nn(C)cc1C(O)CCCC(F)(F)F. The Morgan fingerprint density at radius 2 is 2.12 bits per heavy atom. The highest BCUT2D eigenvalue weighted by molar-refractivity contribution is 5.18. The Labute approximate surface area is 91.9 Å². The standard InChI is InChI=1S/C10H15F3N2O/c1-7-8(6-15(2)14-7)9(16)4-3-5-10(11,12)13/h6,9,16H,3-5H2,1-2H3. The Morgan fingerprint density at radius 1 is 1.50 bits per heavy atom. The average molecular weight is 236 g/mol. The summed E-state index contributed by atoms with van der Waals surface area (Å²) in [6.45, 7) is 1.72. The first-order valence-electron chi connectivity index (χ1n) is 5.04. The molecule has 1 heterocycles. The molecule has 1 aromatic heterocycles. The lowest BCUT2D eigenvalue weighted by molar-refractivity contribution is -0.136. The summed E-state index contributed by atoms with van der Waals surface area (Å²) in [5.74, 6) is 0. The van der Waals surface area contributed by atoms with Crippen molar-refractivity contribution in [3.8, 4) is 0 Å². The van der Waals surface area contributed by atoms with Crippen LogP contribution in [0.15, 0.2) is 6.20 Å². The third-order valence-corrected chi connectivity index (χ3v) is 2.35. The van der Waals surface area contributed by atoms with Gasteiger partial charge in [0.1, 0.15) is 0 Å². The summed E-state index contributed by atoms with van der Waals surface area (Å²) in [5.41, 5.74) is 1.26. The number of rotatable bonds is 4. The van der Waals surface area contributed by atoms with Gasteiger partial charge >= 0.3 is 6.18 Å². The topological polar surface area (TPSA) is 38.0 Å². The zero-order chi connectivity index (χ0) is 12.3. The van der Waals surface area contributed by atoms with Gasteiger partial charge in [0.15, 0.2) is 0 Å². The highest BCUT2D eigenvalue weighted by Gasteiger charge is 2.27. The Hall–Kier alpha value is -1.04. The van der Waals surface area contributed by atoms with Gasteiger partial charge in [0.25, 0.3) is 0 Å². The molecule has 0 saturated carbocycles. The zero-order valence-corrected chi connectivity index (χ0v) is 9.25. The average Bonchev–Trinajstić information content (AvgIpc) is 2.43. The molecule has 0 radical (unpaired) electrons. The van der Waals surface area contributed by atoms with Crippen molar-refractivity contribution in [3.05, 3.63) is 17.5 Å². The minimum Gasteiger partial charge on any atom is -0.388 e. The van der Waals surface area contributed by atoms with E-state index in [1.165, 1.54) is 4.68 Å². The van der Waals surface area contributed by atoms with Gasteiger partial charge in [-0.25, -0.2) is 0 Å². The number of aromatic nitrogens is 2. The molecule has 0 aromatic carbocycles. The molecule has 16 heavy (non-hydrogen) atoms. The van der Waals surface area contributed by atoms with Crippen LogP contribution >= 0.6 is 0 Å². The molecule has 0 bridgehead atoms. The fourth-order valence-electron chi connectivity index (χ4n) is 1.60. The van der Waals surface area contributed by atoms with Crippen LogP contribution < -0.4 is 0 Å². The summed E-state index contributed by atoms with van der Waals surface area (Å²) in [7, 11) is 1.71. The number of aryl methyl sites for hydroxylation is 2. The van der Waals surface area contributed by atoms with Crippen molar-refractivity contribution in [2.24, 2.45) is 7.05 Å². The molecular formula is C10H15F3N2O. The minimum absolute atomic E-state index is 0.0704. The van der Waals surface area contributed by atoms with E-state index < -0.39 is 18.7 Å². The maximum absolute atomic E-state index is 11.9. The number of hydrogen-bond acceptors (Lipinski definition) is 2. The molecule has 0 aliphatic rings. The molecule has 0 aliphatic carbocycles. The normalized spacial score (nSPS) is 14.1. The predicted octanol–water partition coefficient (Wildman–Crippen LogP) is 2.49. The van der Waals surface area contributed by atoms with Crippen molar-refractivity contribution in [3.63, 3.8) is 0 Å². The molecule has 1 aromatic rings. The number of aliphatic hydroxyl groups is 1. The second kappa shape index (κ2) is 4.86. The van der Waals surface area contributed by atoms with Crippen molar-refractivity contribution in [1.29, 1.82) is 0 Å². The largest absolute Gasteiger partial charge is 0.389 e. The monoisotopic (exact) mass is 236 g/mol. The van der Waals surface area contributed by atoms with Gasteiger partial charge in [-0.3, -0.25) is 4.68 Å². The van der Waals surface area contributed by atoms with E-state index in [0.29, 0.717) is 11.3 Å². The lowest BCUT2D eigenvalue weighted by Crippen LogP contribution is -2.08. The molecule has 0 aliphatic heterocycles. The van der Waals surface area contributed by atoms with Gasteiger partial charge in [0.2, 0.25) is 0 Å². The van der Waals surface area contributed by atoms with Crippen LogP contribution in [0.25, 0.3) is 0 Å². The van der Waals surface area contributed by atoms with E-state index >= 15 is 0 Å². The van der Waals surface area contributed by atoms with Crippen LogP contribution in [-0.4, -0.2) is 21.1 Å². The van der Waals surface area contributed by atoms with Crippen molar-refractivity contribution in [1.82, 2.24) is 9.78 Å². The fourth-order valence-corrected chi connectivity index (χ4v) is 1.60. The van der Waals surface area contributed by atoms with Crippen molar-refractivity contribution < 1.29 is 18.3 Å². The van der Waals surface area contributed by atoms with Crippen molar-refractivity contribution >= 4 is 0 Å². The first kappa shape index (κ1) is 13.0. The Kier molecular flexibility index (Phi) is 3.96. The van der Waals surface area contributed by atoms with Crippen molar-refractivity contribution in [2.75, 3.05) is 0 Å². The molecule has 1 N–H and O–H groups in total. The van der Waals surface area contributed by atoms with Crippen LogP contribution in [0.4, 0.5) is 13.2 Å². The maximum atomic E-state index is 11.9. The first-order chi connectivity index (χ1) is 7.29. The highest BCUT2D eigenvalue weighted by atomic mass is 19.4. The first-order valence-corrected chi connectivity index (χ1v) is 5.04. The summed E-state index contributed by atoms with van der Waals surface area (Å²) in [4.78, 5) is 0. The van der Waals surface area contributed by atoms with E-state index in [9.17, 15) is 18.3 Å². The van der Waals surface area contributed by atoms with E-state index in [1.807, 2.05) is 0 Å². The van der Waals surface area contributed by atoms with Gasteiger partial charge in [-0.05, 0) is 19.8 Å². The quantitative estimate of drug-likeness (QED) is 0.872. The second-order valence-corrected chi connectivity index (χ2v) is 3.87. The molecule has 1 atom stereocenters. The molecular weight excluding hydrogens is 221 g/mol. The minimum atomic E-state index is -4.15. The Bertz CT molecular complexity index is 346. The third kappa shape index (κ3) is 3.84. The van der Waals surface area contributed by atoms with Crippen LogP contribution in [-0.2, 0) is 7.05 Å². The van der Waals surface area contributed by atoms with Gasteiger partial charge < -0.3 is 5.11 Å². The van der Waals surface area contributed by atoms with Crippen LogP contribution in [0.1, 0.15) is 36.6 Å². The number of hydrogen-bond donors (Lipinski definition) is 1. The van der Waals surface area contributed by atoms with Crippen LogP contribution in [0, 0.1) is 6.92 Å². The van der Waals surface area contributed by atoms with E-state index in [1.54, 1.807) is 20.2 Å². The molecule has 0 amide bonds. The van der Waals surface area contributed by atoms with E-state index in [0.717, 1.165) is 0 Å². The fraction of sp³-hybridized carbons (Fsp3) is 0.700. The molecule has 0 spiro atoms. The smallest absolute Gasteiger partial charge is 0.388 e. The summed E-state index contributed by atoms with van der Waals surface area (Å²) >= 11 is 0. The third-order valence-electron chi connectivity index (χ3n) is 2.35. The number of nitrogens with zero attached hydrogens (tertiary/aromatic N) is 2. The molecule has 0 fully saturated rings. The van der Waals surface area contributed by atoms with Crippen LogP contribution in [0.5, 0.6) is 0 Å². The Balaban J connectivity index is 2.47. The van der Waals surface area contributed by atoms with E-state index in [-0.39, 0.29) is 12.8 Å². The van der Waals surface area contributed by atoms with Crippen molar-refractivity contribution in [2.45, 2.75) is 38.5 Å². The van der Waals surface area contributed by atoms with Crippen LogP contribution in [0.3, 0.4) is 0 Å². The number of alkyl halides is 3. The molecule has 3 nitrogen and oxygen atoms in total. The number of halogens is 3. The van der Waals surface area contributed by atoms with E-state index in [2.05, 4.69) is 5.10 Å². The summed E-state index contributed by atoms with van der Waals surface area (Å²) in [6, 6.07) is 0. The lowest BCUT2D eigenvalue weighted by atomic mass is 10.0. The maximum Gasteiger partial charge on any atom is 0.389 e. The zero-order valence-electron chi connectivity index (χ0n) is 9.25. The summed E-state index contributed by atoms with van der Waals surface area (Å²) < 4.78 is 37.2. The molecule has 1 rings (SSSR count). The van der Waals surface area contributed by atoms with Gasteiger partial charge in [-0.15, -0.1) is 0 Å². The molecule has 92 valence electrons. The molecule has 6 heteroatoms.